The molecule has 136 valence electrons. The highest BCUT2D eigenvalue weighted by Gasteiger charge is 2.26. The van der Waals surface area contributed by atoms with Crippen LogP contribution in [-0.2, 0) is 22.5 Å². The molecular weight excluding hydrogens is 338 g/mol. The van der Waals surface area contributed by atoms with Gasteiger partial charge >= 0.3 is 16.5 Å². The first kappa shape index (κ1) is 24.4. The molecule has 0 aliphatic carbocycles. The number of hydrogen-bond donors (Lipinski definition) is 4. The number of aliphatic hydroxyl groups is 4. The number of aliphatic hydroxyl groups excluding tert-OH is 4. The van der Waals surface area contributed by atoms with Crippen molar-refractivity contribution in [2.75, 3.05) is 39.6 Å². The van der Waals surface area contributed by atoms with Crippen LogP contribution in [0.3, 0.4) is 0 Å². The van der Waals surface area contributed by atoms with Crippen LogP contribution in [0.2, 0.25) is 0 Å². The average molecular weight is 366 g/mol. The second-order valence-corrected chi connectivity index (χ2v) is 6.83. The molecule has 0 aromatic rings. The van der Waals surface area contributed by atoms with Crippen molar-refractivity contribution >= 4 is 16.5 Å². The van der Waals surface area contributed by atoms with Crippen molar-refractivity contribution in [3.63, 3.8) is 0 Å². The van der Waals surface area contributed by atoms with Gasteiger partial charge in [-0.1, -0.05) is 13.8 Å². The van der Waals surface area contributed by atoms with Gasteiger partial charge in [0.2, 0.25) is 0 Å². The minimum Gasteiger partial charge on any atom is -0.396 e. The molecule has 0 heterocycles. The van der Waals surface area contributed by atoms with Crippen molar-refractivity contribution in [3.05, 3.63) is 0 Å². The van der Waals surface area contributed by atoms with Gasteiger partial charge < -0.3 is 29.5 Å². The maximum absolute atomic E-state index is 10.9. The van der Waals surface area contributed by atoms with Gasteiger partial charge in [-0.2, -0.15) is 0 Å². The van der Waals surface area contributed by atoms with Crippen LogP contribution in [0.5, 0.6) is 0 Å². The van der Waals surface area contributed by atoms with Gasteiger partial charge in [0.25, 0.3) is 0 Å². The molecule has 0 aromatic carbocycles. The van der Waals surface area contributed by atoms with E-state index in [1.807, 2.05) is 13.8 Å². The van der Waals surface area contributed by atoms with Gasteiger partial charge in [0.15, 0.2) is 0 Å². The third-order valence-corrected chi connectivity index (χ3v) is 4.57. The number of rotatable bonds is 12. The summed E-state index contributed by atoms with van der Waals surface area (Å²) in [6.45, 7) is 2.83. The largest absolute Gasteiger partial charge is 0.396 e. The maximum atomic E-state index is 10.9. The SMILES string of the molecule is CCCO[PH](=O)O[PH](=O)OCCC.OCC(CO)(CO)CO. The zero-order valence-corrected chi connectivity index (χ0v) is 15.0. The lowest BCUT2D eigenvalue weighted by atomic mass is 9.93. The van der Waals surface area contributed by atoms with Gasteiger partial charge in [0.05, 0.1) is 45.1 Å². The van der Waals surface area contributed by atoms with Gasteiger partial charge in [-0.25, -0.2) is 4.31 Å². The van der Waals surface area contributed by atoms with Crippen molar-refractivity contribution in [3.8, 4) is 0 Å². The topological polar surface area (TPSA) is 143 Å². The van der Waals surface area contributed by atoms with Crippen LogP contribution < -0.4 is 0 Å². The van der Waals surface area contributed by atoms with E-state index in [-0.39, 0.29) is 0 Å². The van der Waals surface area contributed by atoms with Gasteiger partial charge in [-0.3, -0.25) is 9.13 Å². The quantitative estimate of drug-likeness (QED) is 0.365. The van der Waals surface area contributed by atoms with E-state index in [4.69, 9.17) is 29.5 Å². The Hall–Kier alpha value is 0.180. The molecule has 2 atom stereocenters. The lowest BCUT2D eigenvalue weighted by molar-refractivity contribution is -0.0328. The second kappa shape index (κ2) is 16.1. The summed E-state index contributed by atoms with van der Waals surface area (Å²) in [6.07, 6.45) is 1.49. The monoisotopic (exact) mass is 366 g/mol. The zero-order chi connectivity index (χ0) is 17.4. The van der Waals surface area contributed by atoms with E-state index < -0.39 is 48.4 Å². The molecule has 0 radical (unpaired) electrons. The van der Waals surface area contributed by atoms with Crippen molar-refractivity contribution in [2.24, 2.45) is 5.41 Å². The lowest BCUT2D eigenvalue weighted by Crippen LogP contribution is -2.37. The van der Waals surface area contributed by atoms with Crippen LogP contribution in [-0.4, -0.2) is 60.1 Å². The lowest BCUT2D eigenvalue weighted by Gasteiger charge is -2.23. The Balaban J connectivity index is 0. The van der Waals surface area contributed by atoms with Crippen molar-refractivity contribution < 1.29 is 42.9 Å². The fourth-order valence-corrected chi connectivity index (χ4v) is 2.56. The molecule has 11 heteroatoms. The van der Waals surface area contributed by atoms with Crippen LogP contribution in [0.25, 0.3) is 0 Å². The second-order valence-electron chi connectivity index (χ2n) is 4.43. The summed E-state index contributed by atoms with van der Waals surface area (Å²) in [4.78, 5) is 0. The predicted octanol–water partition coefficient (Wildman–Crippen LogP) is 0.578. The summed E-state index contributed by atoms with van der Waals surface area (Å²) in [7, 11) is -5.25. The normalized spacial score (nSPS) is 14.1. The van der Waals surface area contributed by atoms with E-state index in [0.717, 1.165) is 12.8 Å². The molecule has 0 aliphatic rings. The minimum atomic E-state index is -2.62. The van der Waals surface area contributed by atoms with Gasteiger partial charge in [0.1, 0.15) is 0 Å². The smallest absolute Gasteiger partial charge is 0.326 e. The highest BCUT2D eigenvalue weighted by Crippen LogP contribution is 2.39. The summed E-state index contributed by atoms with van der Waals surface area (Å²) >= 11 is 0. The molecule has 0 rings (SSSR count). The fraction of sp³-hybridized carbons (Fsp3) is 1.00. The highest BCUT2D eigenvalue weighted by molar-refractivity contribution is 7.47. The van der Waals surface area contributed by atoms with Crippen LogP contribution in [0.4, 0.5) is 0 Å². The van der Waals surface area contributed by atoms with Crippen LogP contribution >= 0.6 is 16.5 Å². The van der Waals surface area contributed by atoms with Gasteiger partial charge in [0, 0.05) is 0 Å². The van der Waals surface area contributed by atoms with Gasteiger partial charge in [-0.15, -0.1) is 0 Å². The molecule has 0 aromatic heterocycles. The zero-order valence-electron chi connectivity index (χ0n) is 13.0. The van der Waals surface area contributed by atoms with Crippen LogP contribution in [0, 0.1) is 5.41 Å². The Morgan fingerprint density at radius 3 is 1.27 bits per heavy atom. The standard InChI is InChI=1S/C6H16O5P2.C5H12O4/c1-3-5-9-12(7)11-13(8)10-6-4-2;6-1-5(2-7,3-8)4-9/h12-13H,3-6H2,1-2H3;6-9H,1-4H2. The third-order valence-electron chi connectivity index (χ3n) is 2.36. The van der Waals surface area contributed by atoms with Crippen molar-refractivity contribution in [1.29, 1.82) is 0 Å². The molecule has 22 heavy (non-hydrogen) atoms. The Morgan fingerprint density at radius 2 is 1.09 bits per heavy atom. The summed E-state index contributed by atoms with van der Waals surface area (Å²) in [6, 6.07) is 0. The van der Waals surface area contributed by atoms with E-state index in [9.17, 15) is 9.13 Å². The molecule has 0 saturated carbocycles. The molecular formula is C11H28O9P2. The summed E-state index contributed by atoms with van der Waals surface area (Å²) < 4.78 is 35.6. The Labute approximate surface area is 132 Å². The molecule has 0 spiro atoms. The maximum Gasteiger partial charge on any atom is 0.326 e. The summed E-state index contributed by atoms with van der Waals surface area (Å²) in [5, 5.41) is 34.0. The molecule has 9 nitrogen and oxygen atoms in total. The van der Waals surface area contributed by atoms with Crippen LogP contribution in [0.15, 0.2) is 0 Å². The minimum absolute atomic E-state index is 0.348. The average Bonchev–Trinajstić information content (AvgIpc) is 2.54. The summed E-state index contributed by atoms with van der Waals surface area (Å²) in [5.41, 5.74) is -1.11. The van der Waals surface area contributed by atoms with E-state index in [2.05, 4.69) is 4.31 Å². The Morgan fingerprint density at radius 1 is 0.773 bits per heavy atom. The van der Waals surface area contributed by atoms with Gasteiger partial charge in [-0.05, 0) is 12.8 Å². The summed E-state index contributed by atoms with van der Waals surface area (Å²) in [5.74, 6) is 0. The molecule has 0 aliphatic heterocycles. The van der Waals surface area contributed by atoms with E-state index >= 15 is 0 Å². The molecule has 0 bridgehead atoms. The Kier molecular flexibility index (Phi) is 17.8. The highest BCUT2D eigenvalue weighted by atomic mass is 31.2. The molecule has 0 fully saturated rings. The first-order valence-corrected chi connectivity index (χ1v) is 9.34. The first-order chi connectivity index (χ1) is 10.4. The predicted molar refractivity (Wildman–Crippen MR) is 82.4 cm³/mol. The van der Waals surface area contributed by atoms with E-state index in [0.29, 0.717) is 13.2 Å². The van der Waals surface area contributed by atoms with E-state index in [1.165, 1.54) is 0 Å². The van der Waals surface area contributed by atoms with Crippen LogP contribution in [0.1, 0.15) is 26.7 Å². The number of hydrogen-bond acceptors (Lipinski definition) is 9. The fourth-order valence-electron chi connectivity index (χ4n) is 0.798. The molecule has 0 amide bonds. The molecule has 2 unspecified atom stereocenters. The van der Waals surface area contributed by atoms with Crippen molar-refractivity contribution in [1.82, 2.24) is 0 Å². The molecule has 0 saturated heterocycles. The molecule has 4 N–H and O–H groups in total. The van der Waals surface area contributed by atoms with E-state index in [1.54, 1.807) is 0 Å². The first-order valence-electron chi connectivity index (χ1n) is 6.90. The van der Waals surface area contributed by atoms with Crippen molar-refractivity contribution in [2.45, 2.75) is 26.7 Å². The Bertz CT molecular complexity index is 262. The third kappa shape index (κ3) is 12.7.